The second-order valence-corrected chi connectivity index (χ2v) is 6.63. The van der Waals surface area contributed by atoms with Crippen molar-refractivity contribution < 1.29 is 9.53 Å². The summed E-state index contributed by atoms with van der Waals surface area (Å²) in [5.74, 6) is 0.636. The molecule has 0 bridgehead atoms. The van der Waals surface area contributed by atoms with Crippen LogP contribution in [0.2, 0.25) is 5.15 Å². The van der Waals surface area contributed by atoms with Gasteiger partial charge in [0, 0.05) is 48.7 Å². The van der Waals surface area contributed by atoms with Gasteiger partial charge >= 0.3 is 6.09 Å². The normalized spacial score (nSPS) is 14.5. The van der Waals surface area contributed by atoms with Crippen LogP contribution in [0.5, 0.6) is 0 Å². The Morgan fingerprint density at radius 3 is 2.35 bits per heavy atom. The van der Waals surface area contributed by atoms with Crippen molar-refractivity contribution in [2.75, 3.05) is 37.7 Å². The number of halogens is 1. The molecule has 138 valence electrons. The molecule has 1 saturated heterocycles. The molecule has 1 fully saturated rings. The Hall–Kier alpha value is -2.34. The van der Waals surface area contributed by atoms with E-state index in [2.05, 4.69) is 27.0 Å². The van der Waals surface area contributed by atoms with Crippen LogP contribution in [-0.2, 0) is 4.74 Å². The van der Waals surface area contributed by atoms with Crippen LogP contribution in [0, 0.1) is 13.8 Å². The van der Waals surface area contributed by atoms with Crippen molar-refractivity contribution in [1.29, 1.82) is 0 Å². The third kappa shape index (κ3) is 3.90. The molecule has 0 saturated carbocycles. The van der Waals surface area contributed by atoms with Crippen molar-refractivity contribution in [3.8, 4) is 11.4 Å². The van der Waals surface area contributed by atoms with E-state index in [-0.39, 0.29) is 6.09 Å². The number of benzene rings is 1. The monoisotopic (exact) mass is 374 g/mol. The Bertz CT molecular complexity index is 764. The number of aromatic nitrogens is 2. The molecule has 26 heavy (non-hydrogen) atoms. The zero-order valence-corrected chi connectivity index (χ0v) is 16.1. The lowest BCUT2D eigenvalue weighted by Crippen LogP contribution is -2.49. The first-order valence-corrected chi connectivity index (χ1v) is 9.15. The minimum absolute atomic E-state index is 0.230. The second kappa shape index (κ2) is 7.91. The molecule has 1 aliphatic heterocycles. The molecule has 0 unspecified atom stereocenters. The fraction of sp³-hybridized carbons (Fsp3) is 0.421. The maximum Gasteiger partial charge on any atom is 0.409 e. The zero-order chi connectivity index (χ0) is 18.7. The molecule has 2 aromatic rings. The third-order valence-corrected chi connectivity index (χ3v) is 4.99. The lowest BCUT2D eigenvalue weighted by atomic mass is 10.1. The fourth-order valence-corrected chi connectivity index (χ4v) is 3.12. The number of amides is 1. The highest BCUT2D eigenvalue weighted by molar-refractivity contribution is 6.30. The Balaban J connectivity index is 1.68. The van der Waals surface area contributed by atoms with E-state index in [4.69, 9.17) is 16.3 Å². The van der Waals surface area contributed by atoms with Crippen LogP contribution in [0.25, 0.3) is 11.4 Å². The van der Waals surface area contributed by atoms with Gasteiger partial charge < -0.3 is 14.5 Å². The zero-order valence-electron chi connectivity index (χ0n) is 15.3. The summed E-state index contributed by atoms with van der Waals surface area (Å²) < 4.78 is 5.06. The van der Waals surface area contributed by atoms with Gasteiger partial charge in [0.25, 0.3) is 0 Å². The van der Waals surface area contributed by atoms with Crippen LogP contribution in [0.4, 0.5) is 10.5 Å². The van der Waals surface area contributed by atoms with Gasteiger partial charge in [0.1, 0.15) is 5.15 Å². The summed E-state index contributed by atoms with van der Waals surface area (Å²) in [6.07, 6.45) is -0.230. The molecule has 1 aliphatic rings. The molecule has 6 nitrogen and oxygen atoms in total. The van der Waals surface area contributed by atoms with Gasteiger partial charge in [-0.3, -0.25) is 0 Å². The van der Waals surface area contributed by atoms with Gasteiger partial charge in [0.15, 0.2) is 5.82 Å². The van der Waals surface area contributed by atoms with Crippen LogP contribution < -0.4 is 4.90 Å². The number of nitrogens with zero attached hydrogens (tertiary/aromatic N) is 4. The molecule has 0 N–H and O–H groups in total. The van der Waals surface area contributed by atoms with E-state index in [1.807, 2.05) is 32.9 Å². The number of anilines is 1. The third-order valence-electron chi connectivity index (χ3n) is 4.63. The largest absolute Gasteiger partial charge is 0.450 e. The summed E-state index contributed by atoms with van der Waals surface area (Å²) in [6.45, 7) is 8.97. The van der Waals surface area contributed by atoms with Crippen molar-refractivity contribution in [3.63, 3.8) is 0 Å². The first-order valence-electron chi connectivity index (χ1n) is 8.77. The lowest BCUT2D eigenvalue weighted by Gasteiger charge is -2.35. The number of rotatable bonds is 3. The van der Waals surface area contributed by atoms with E-state index >= 15 is 0 Å². The van der Waals surface area contributed by atoms with Gasteiger partial charge in [-0.05, 0) is 45.0 Å². The Morgan fingerprint density at radius 2 is 1.77 bits per heavy atom. The summed E-state index contributed by atoms with van der Waals surface area (Å²) >= 11 is 6.18. The highest BCUT2D eigenvalue weighted by Crippen LogP contribution is 2.24. The summed E-state index contributed by atoms with van der Waals surface area (Å²) in [6, 6.07) is 8.13. The van der Waals surface area contributed by atoms with Gasteiger partial charge in [0.05, 0.1) is 6.61 Å². The predicted molar refractivity (Wildman–Crippen MR) is 103 cm³/mol. The minimum atomic E-state index is -0.230. The standard InChI is InChI=1S/C19H23ClN4O2/c1-4-26-19(25)24-11-9-23(10-12-24)16-7-5-15(6-8-16)18-21-14(3)13(2)17(20)22-18/h5-8H,4,9-12H2,1-3H3. The molecule has 1 aromatic carbocycles. The Labute approximate surface area is 158 Å². The number of ether oxygens (including phenoxy) is 1. The highest BCUT2D eigenvalue weighted by Gasteiger charge is 2.22. The summed E-state index contributed by atoms with van der Waals surface area (Å²) in [7, 11) is 0. The molecule has 7 heteroatoms. The smallest absolute Gasteiger partial charge is 0.409 e. The SMILES string of the molecule is CCOC(=O)N1CCN(c2ccc(-c3nc(C)c(C)c(Cl)n3)cc2)CC1. The van der Waals surface area contributed by atoms with Crippen molar-refractivity contribution >= 4 is 23.4 Å². The molecule has 2 heterocycles. The molecule has 0 spiro atoms. The van der Waals surface area contributed by atoms with E-state index in [1.165, 1.54) is 0 Å². The summed E-state index contributed by atoms with van der Waals surface area (Å²) in [4.78, 5) is 24.7. The van der Waals surface area contributed by atoms with Crippen LogP contribution in [-0.4, -0.2) is 53.7 Å². The van der Waals surface area contributed by atoms with E-state index in [9.17, 15) is 4.79 Å². The molecule has 0 atom stereocenters. The van der Waals surface area contributed by atoms with Gasteiger partial charge in [-0.2, -0.15) is 0 Å². The quantitative estimate of drug-likeness (QED) is 0.767. The number of hydrogen-bond acceptors (Lipinski definition) is 5. The average Bonchev–Trinajstić information content (AvgIpc) is 2.66. The first-order chi connectivity index (χ1) is 12.5. The van der Waals surface area contributed by atoms with E-state index in [0.717, 1.165) is 35.6 Å². The van der Waals surface area contributed by atoms with Gasteiger partial charge in [-0.1, -0.05) is 11.6 Å². The highest BCUT2D eigenvalue weighted by atomic mass is 35.5. The van der Waals surface area contributed by atoms with Crippen molar-refractivity contribution in [3.05, 3.63) is 40.7 Å². The number of aryl methyl sites for hydroxylation is 1. The average molecular weight is 375 g/mol. The molecule has 0 radical (unpaired) electrons. The molecule has 1 aromatic heterocycles. The Morgan fingerprint density at radius 1 is 1.12 bits per heavy atom. The Kier molecular flexibility index (Phi) is 5.61. The number of carbonyl (C=O) groups is 1. The topological polar surface area (TPSA) is 58.6 Å². The first kappa shape index (κ1) is 18.5. The van der Waals surface area contributed by atoms with Gasteiger partial charge in [-0.15, -0.1) is 0 Å². The van der Waals surface area contributed by atoms with E-state index in [0.29, 0.717) is 30.7 Å². The summed E-state index contributed by atoms with van der Waals surface area (Å²) in [5, 5.41) is 0.492. The van der Waals surface area contributed by atoms with Gasteiger partial charge in [0.2, 0.25) is 0 Å². The number of carbonyl (C=O) groups excluding carboxylic acids is 1. The number of piperazine rings is 1. The fourth-order valence-electron chi connectivity index (χ4n) is 2.91. The van der Waals surface area contributed by atoms with Crippen molar-refractivity contribution in [2.24, 2.45) is 0 Å². The van der Waals surface area contributed by atoms with Crippen molar-refractivity contribution in [2.45, 2.75) is 20.8 Å². The molecule has 1 amide bonds. The van der Waals surface area contributed by atoms with Crippen LogP contribution >= 0.6 is 11.6 Å². The van der Waals surface area contributed by atoms with Gasteiger partial charge in [-0.25, -0.2) is 14.8 Å². The van der Waals surface area contributed by atoms with Crippen molar-refractivity contribution in [1.82, 2.24) is 14.9 Å². The lowest BCUT2D eigenvalue weighted by molar-refractivity contribution is 0.105. The molecule has 3 rings (SSSR count). The number of hydrogen-bond donors (Lipinski definition) is 0. The molecule has 0 aliphatic carbocycles. The van der Waals surface area contributed by atoms with Crippen LogP contribution in [0.15, 0.2) is 24.3 Å². The van der Waals surface area contributed by atoms with E-state index in [1.54, 1.807) is 4.90 Å². The predicted octanol–water partition coefficient (Wildman–Crippen LogP) is 3.69. The maximum absolute atomic E-state index is 11.8. The summed E-state index contributed by atoms with van der Waals surface area (Å²) in [5.41, 5.74) is 3.85. The maximum atomic E-state index is 11.8. The van der Waals surface area contributed by atoms with E-state index < -0.39 is 0 Å². The second-order valence-electron chi connectivity index (χ2n) is 6.27. The molecular weight excluding hydrogens is 352 g/mol. The minimum Gasteiger partial charge on any atom is -0.450 e. The van der Waals surface area contributed by atoms with Crippen LogP contribution in [0.3, 0.4) is 0 Å². The van der Waals surface area contributed by atoms with Crippen LogP contribution in [0.1, 0.15) is 18.2 Å². The molecular formula is C19H23ClN4O2.